The Morgan fingerprint density at radius 1 is 1.32 bits per heavy atom. The quantitative estimate of drug-likeness (QED) is 0.920. The average Bonchev–Trinajstić information content (AvgIpc) is 2.77. The molecule has 0 radical (unpaired) electrons. The molecule has 1 aromatic carbocycles. The van der Waals surface area contributed by atoms with Crippen LogP contribution in [-0.2, 0) is 0 Å². The molecule has 0 aliphatic rings. The van der Waals surface area contributed by atoms with Gasteiger partial charge in [0.2, 0.25) is 0 Å². The summed E-state index contributed by atoms with van der Waals surface area (Å²) in [6, 6.07) is 4.69. The fourth-order valence-corrected chi connectivity index (χ4v) is 1.79. The van der Waals surface area contributed by atoms with Crippen LogP contribution in [0.5, 0.6) is 11.5 Å². The van der Waals surface area contributed by atoms with Gasteiger partial charge in [-0.15, -0.1) is 0 Å². The fourth-order valence-electron chi connectivity index (χ4n) is 1.79. The summed E-state index contributed by atoms with van der Waals surface area (Å²) in [5.74, 6) is 0.336. The van der Waals surface area contributed by atoms with E-state index in [9.17, 15) is 9.50 Å². The Hall–Kier alpha value is -1.88. The Kier molecular flexibility index (Phi) is 3.85. The minimum Gasteiger partial charge on any atom is -0.454 e. The summed E-state index contributed by atoms with van der Waals surface area (Å²) >= 11 is 0. The fraction of sp³-hybridized carbons (Fsp3) is 0.357. The van der Waals surface area contributed by atoms with Crippen LogP contribution < -0.4 is 4.74 Å². The predicted octanol–water partition coefficient (Wildman–Crippen LogP) is 3.45. The first-order valence-corrected chi connectivity index (χ1v) is 6.17. The van der Waals surface area contributed by atoms with Gasteiger partial charge in [0.05, 0.1) is 24.1 Å². The molecular formula is C14H17FN2O2. The van der Waals surface area contributed by atoms with Gasteiger partial charge in [0.15, 0.2) is 5.75 Å². The lowest BCUT2D eigenvalue weighted by Crippen LogP contribution is -2.00. The molecular weight excluding hydrogens is 247 g/mol. The van der Waals surface area contributed by atoms with Crippen LogP contribution in [0.1, 0.15) is 38.5 Å². The number of aromatic nitrogens is 2. The number of aliphatic hydroxyl groups is 1. The normalized spacial score (nSPS) is 12.7. The van der Waals surface area contributed by atoms with Crippen molar-refractivity contribution in [1.82, 2.24) is 9.78 Å². The van der Waals surface area contributed by atoms with Gasteiger partial charge in [0.25, 0.3) is 0 Å². The minimum atomic E-state index is -0.934. The third-order valence-corrected chi connectivity index (χ3v) is 2.77. The first-order valence-electron chi connectivity index (χ1n) is 6.17. The topological polar surface area (TPSA) is 47.3 Å². The maximum atomic E-state index is 13.7. The van der Waals surface area contributed by atoms with Crippen LogP contribution in [0, 0.1) is 5.82 Å². The molecule has 1 aromatic heterocycles. The zero-order valence-corrected chi connectivity index (χ0v) is 11.2. The average molecular weight is 264 g/mol. The summed E-state index contributed by atoms with van der Waals surface area (Å²) < 4.78 is 21.0. The van der Waals surface area contributed by atoms with Crippen LogP contribution in [0.15, 0.2) is 30.6 Å². The number of hydrogen-bond acceptors (Lipinski definition) is 3. The number of aliphatic hydroxyl groups excluding tert-OH is 1. The molecule has 0 saturated carbocycles. The van der Waals surface area contributed by atoms with Crippen molar-refractivity contribution in [2.24, 2.45) is 0 Å². The summed E-state index contributed by atoms with van der Waals surface area (Å²) in [7, 11) is 0. The van der Waals surface area contributed by atoms with Crippen molar-refractivity contribution in [3.8, 4) is 11.5 Å². The molecule has 5 heteroatoms. The van der Waals surface area contributed by atoms with Gasteiger partial charge in [-0.3, -0.25) is 4.68 Å². The molecule has 0 unspecified atom stereocenters. The van der Waals surface area contributed by atoms with Crippen LogP contribution in [-0.4, -0.2) is 14.9 Å². The number of ether oxygens (including phenoxy) is 1. The molecule has 4 nitrogen and oxygen atoms in total. The standard InChI is InChI=1S/C14H17FN2O2/c1-9(2)17-8-11(7-16-17)19-13-6-4-5-12(15)14(13)10(3)18/h4-10,18H,1-3H3/t10-/m1/s1. The number of halogens is 1. The van der Waals surface area contributed by atoms with Gasteiger partial charge in [-0.2, -0.15) is 5.10 Å². The van der Waals surface area contributed by atoms with E-state index in [0.29, 0.717) is 11.5 Å². The highest BCUT2D eigenvalue weighted by Crippen LogP contribution is 2.31. The lowest BCUT2D eigenvalue weighted by molar-refractivity contribution is 0.190. The second-order valence-corrected chi connectivity index (χ2v) is 4.68. The largest absolute Gasteiger partial charge is 0.454 e. The van der Waals surface area contributed by atoms with Gasteiger partial charge < -0.3 is 9.84 Å². The van der Waals surface area contributed by atoms with Crippen molar-refractivity contribution in [2.45, 2.75) is 32.9 Å². The highest BCUT2D eigenvalue weighted by atomic mass is 19.1. The first kappa shape index (κ1) is 13.5. The van der Waals surface area contributed by atoms with Crippen molar-refractivity contribution in [3.63, 3.8) is 0 Å². The SMILES string of the molecule is CC(C)n1cc(Oc2cccc(F)c2[C@@H](C)O)cn1. The van der Waals surface area contributed by atoms with E-state index in [-0.39, 0.29) is 11.6 Å². The van der Waals surface area contributed by atoms with Gasteiger partial charge >= 0.3 is 0 Å². The van der Waals surface area contributed by atoms with Crippen LogP contribution in [0.25, 0.3) is 0 Å². The molecule has 1 atom stereocenters. The molecule has 2 aromatic rings. The maximum absolute atomic E-state index is 13.7. The monoisotopic (exact) mass is 264 g/mol. The van der Waals surface area contributed by atoms with Gasteiger partial charge in [-0.05, 0) is 32.9 Å². The first-order chi connectivity index (χ1) is 8.99. The van der Waals surface area contributed by atoms with Gasteiger partial charge in [0, 0.05) is 6.04 Å². The Labute approximate surface area is 111 Å². The van der Waals surface area contributed by atoms with E-state index in [1.165, 1.54) is 13.0 Å². The third-order valence-electron chi connectivity index (χ3n) is 2.77. The zero-order chi connectivity index (χ0) is 14.0. The van der Waals surface area contributed by atoms with Crippen molar-refractivity contribution in [1.29, 1.82) is 0 Å². The number of nitrogens with zero attached hydrogens (tertiary/aromatic N) is 2. The molecule has 19 heavy (non-hydrogen) atoms. The molecule has 102 valence electrons. The lowest BCUT2D eigenvalue weighted by atomic mass is 10.1. The Morgan fingerprint density at radius 3 is 2.63 bits per heavy atom. The summed E-state index contributed by atoms with van der Waals surface area (Å²) in [4.78, 5) is 0. The molecule has 1 N–H and O–H groups in total. The molecule has 2 rings (SSSR count). The highest BCUT2D eigenvalue weighted by molar-refractivity contribution is 5.39. The number of benzene rings is 1. The lowest BCUT2D eigenvalue weighted by Gasteiger charge is -2.12. The van der Waals surface area contributed by atoms with Crippen LogP contribution in [0.4, 0.5) is 4.39 Å². The molecule has 0 amide bonds. The predicted molar refractivity (Wildman–Crippen MR) is 69.7 cm³/mol. The number of rotatable bonds is 4. The minimum absolute atomic E-state index is 0.153. The van der Waals surface area contributed by atoms with Crippen LogP contribution in [0.2, 0.25) is 0 Å². The molecule has 0 bridgehead atoms. The third kappa shape index (κ3) is 2.93. The van der Waals surface area contributed by atoms with Crippen molar-refractivity contribution in [3.05, 3.63) is 42.0 Å². The van der Waals surface area contributed by atoms with Crippen molar-refractivity contribution >= 4 is 0 Å². The Balaban J connectivity index is 2.30. The van der Waals surface area contributed by atoms with Crippen LogP contribution in [0.3, 0.4) is 0 Å². The van der Waals surface area contributed by atoms with E-state index < -0.39 is 11.9 Å². The number of hydrogen-bond donors (Lipinski definition) is 1. The second kappa shape index (κ2) is 5.40. The molecule has 0 fully saturated rings. The molecule has 0 spiro atoms. The summed E-state index contributed by atoms with van der Waals surface area (Å²) in [5, 5.41) is 13.8. The smallest absolute Gasteiger partial charge is 0.165 e. The van der Waals surface area contributed by atoms with Crippen LogP contribution >= 0.6 is 0 Å². The van der Waals surface area contributed by atoms with E-state index in [0.717, 1.165) is 0 Å². The Bertz CT molecular complexity index is 564. The van der Waals surface area contributed by atoms with Gasteiger partial charge in [0.1, 0.15) is 11.6 Å². The van der Waals surface area contributed by atoms with Gasteiger partial charge in [-0.1, -0.05) is 6.07 Å². The molecule has 0 aliphatic heterocycles. The summed E-state index contributed by atoms with van der Waals surface area (Å²) in [6.45, 7) is 5.50. The molecule has 1 heterocycles. The van der Waals surface area contributed by atoms with E-state index in [1.807, 2.05) is 13.8 Å². The summed E-state index contributed by atoms with van der Waals surface area (Å²) in [5.41, 5.74) is 0.153. The molecule has 0 saturated heterocycles. The zero-order valence-electron chi connectivity index (χ0n) is 11.2. The summed E-state index contributed by atoms with van der Waals surface area (Å²) in [6.07, 6.45) is 2.37. The second-order valence-electron chi connectivity index (χ2n) is 4.68. The maximum Gasteiger partial charge on any atom is 0.165 e. The van der Waals surface area contributed by atoms with E-state index in [2.05, 4.69) is 5.10 Å². The Morgan fingerprint density at radius 2 is 2.05 bits per heavy atom. The van der Waals surface area contributed by atoms with Gasteiger partial charge in [-0.25, -0.2) is 4.39 Å². The van der Waals surface area contributed by atoms with Crippen molar-refractivity contribution in [2.75, 3.05) is 0 Å². The van der Waals surface area contributed by atoms with E-state index in [1.54, 1.807) is 29.2 Å². The van der Waals surface area contributed by atoms with Crippen molar-refractivity contribution < 1.29 is 14.2 Å². The highest BCUT2D eigenvalue weighted by Gasteiger charge is 2.15. The van der Waals surface area contributed by atoms with E-state index >= 15 is 0 Å². The molecule has 0 aliphatic carbocycles. The van der Waals surface area contributed by atoms with E-state index in [4.69, 9.17) is 4.74 Å².